The number of carbonyl (C=O) groups is 3. The summed E-state index contributed by atoms with van der Waals surface area (Å²) in [7, 11) is 0. The van der Waals surface area contributed by atoms with Crippen molar-refractivity contribution in [3.05, 3.63) is 100 Å². The Balaban J connectivity index is 1.23. The molecule has 0 atom stereocenters. The molecular weight excluding hydrogens is 445 g/mol. The summed E-state index contributed by atoms with van der Waals surface area (Å²) >= 11 is 0. The molecule has 0 aromatic heterocycles. The first-order valence-corrected chi connectivity index (χ1v) is 11.8. The summed E-state index contributed by atoms with van der Waals surface area (Å²) < 4.78 is 13.2. The van der Waals surface area contributed by atoms with Crippen LogP contribution < -0.4 is 5.32 Å². The predicted octanol–water partition coefficient (Wildman–Crippen LogP) is 3.75. The first-order valence-electron chi connectivity index (χ1n) is 11.8. The second kappa shape index (κ2) is 9.90. The molecular formula is C28H26FN3O3. The van der Waals surface area contributed by atoms with Crippen LogP contribution in [0.5, 0.6) is 0 Å². The van der Waals surface area contributed by atoms with Crippen LogP contribution in [-0.2, 0) is 11.3 Å². The molecule has 0 radical (unpaired) electrons. The van der Waals surface area contributed by atoms with Gasteiger partial charge in [-0.15, -0.1) is 0 Å². The summed E-state index contributed by atoms with van der Waals surface area (Å²) in [5.74, 6) is -0.918. The summed E-state index contributed by atoms with van der Waals surface area (Å²) in [4.78, 5) is 43.4. The molecule has 6 nitrogen and oxygen atoms in total. The number of halogens is 1. The molecule has 35 heavy (non-hydrogen) atoms. The molecule has 178 valence electrons. The number of fused-ring (bicyclic) bond motifs is 2. The maximum absolute atomic E-state index is 13.2. The van der Waals surface area contributed by atoms with Crippen LogP contribution in [0.2, 0.25) is 0 Å². The number of amides is 1. The van der Waals surface area contributed by atoms with E-state index in [1.54, 1.807) is 54.6 Å². The molecule has 1 aliphatic heterocycles. The number of nitrogens with zero attached hydrogens (tertiary/aromatic N) is 2. The molecule has 2 aliphatic rings. The smallest absolute Gasteiger partial charge is 0.238 e. The Hall–Kier alpha value is -3.68. The van der Waals surface area contributed by atoms with Crippen LogP contribution in [-0.4, -0.2) is 60.0 Å². The Labute approximate surface area is 203 Å². The van der Waals surface area contributed by atoms with Crippen molar-refractivity contribution in [3.8, 4) is 0 Å². The zero-order valence-electron chi connectivity index (χ0n) is 19.3. The summed E-state index contributed by atoms with van der Waals surface area (Å²) in [5, 5.41) is 2.87. The number of nitrogens with one attached hydrogen (secondary N) is 1. The molecule has 3 aromatic carbocycles. The number of ketones is 2. The summed E-state index contributed by atoms with van der Waals surface area (Å²) in [5.41, 5.74) is 2.76. The van der Waals surface area contributed by atoms with Crippen LogP contribution in [0.15, 0.2) is 66.7 Å². The van der Waals surface area contributed by atoms with Gasteiger partial charge in [0.25, 0.3) is 0 Å². The molecule has 7 heteroatoms. The SMILES string of the molecule is O=C(CN1CCCN(Cc2ccc(F)cc2)CC1)Nc1cccc2c1C(=O)c1ccccc1C2=O. The van der Waals surface area contributed by atoms with E-state index in [-0.39, 0.29) is 35.4 Å². The van der Waals surface area contributed by atoms with Crippen LogP contribution in [0.25, 0.3) is 0 Å². The van der Waals surface area contributed by atoms with Gasteiger partial charge >= 0.3 is 0 Å². The second-order valence-corrected chi connectivity index (χ2v) is 9.01. The van der Waals surface area contributed by atoms with Gasteiger partial charge in [0.1, 0.15) is 5.82 Å². The van der Waals surface area contributed by atoms with Gasteiger partial charge in [-0.05, 0) is 43.3 Å². The van der Waals surface area contributed by atoms with Crippen LogP contribution in [0.1, 0.15) is 43.8 Å². The standard InChI is InChI=1S/C28H26FN3O3/c29-20-11-9-19(10-12-20)17-31-13-4-14-32(16-15-31)18-25(33)30-24-8-3-7-23-26(24)28(35)22-6-2-1-5-21(22)27(23)34/h1-3,5-12H,4,13-18H2,(H,30,33). The lowest BCUT2D eigenvalue weighted by Gasteiger charge is -2.23. The Morgan fingerprint density at radius 1 is 0.771 bits per heavy atom. The molecule has 0 unspecified atom stereocenters. The van der Waals surface area contributed by atoms with Gasteiger partial charge < -0.3 is 5.32 Å². The number of hydrogen-bond donors (Lipinski definition) is 1. The van der Waals surface area contributed by atoms with E-state index in [9.17, 15) is 18.8 Å². The fourth-order valence-corrected chi connectivity index (χ4v) is 4.83. The minimum atomic E-state index is -0.252. The van der Waals surface area contributed by atoms with E-state index in [0.717, 1.165) is 44.7 Å². The van der Waals surface area contributed by atoms with Crippen molar-refractivity contribution < 1.29 is 18.8 Å². The average Bonchev–Trinajstić information content (AvgIpc) is 3.08. The van der Waals surface area contributed by atoms with E-state index < -0.39 is 0 Å². The number of benzene rings is 3. The zero-order chi connectivity index (χ0) is 24.4. The molecule has 0 saturated carbocycles. The van der Waals surface area contributed by atoms with E-state index in [1.165, 1.54) is 12.1 Å². The summed E-state index contributed by atoms with van der Waals surface area (Å²) in [6, 6.07) is 18.3. The molecule has 1 amide bonds. The summed E-state index contributed by atoms with van der Waals surface area (Å²) in [6.07, 6.45) is 0.916. The average molecular weight is 472 g/mol. The van der Waals surface area contributed by atoms with Crippen molar-refractivity contribution in [2.24, 2.45) is 0 Å². The van der Waals surface area contributed by atoms with Crippen molar-refractivity contribution in [2.45, 2.75) is 13.0 Å². The van der Waals surface area contributed by atoms with Gasteiger partial charge in [0, 0.05) is 36.3 Å². The minimum absolute atomic E-state index is 0.201. The Bertz CT molecular complexity index is 1290. The summed E-state index contributed by atoms with van der Waals surface area (Å²) in [6.45, 7) is 4.16. The lowest BCUT2D eigenvalue weighted by atomic mass is 9.83. The van der Waals surface area contributed by atoms with Crippen molar-refractivity contribution in [3.63, 3.8) is 0 Å². The molecule has 5 rings (SSSR count). The fraction of sp³-hybridized carbons (Fsp3) is 0.250. The monoisotopic (exact) mass is 471 g/mol. The molecule has 1 fully saturated rings. The van der Waals surface area contributed by atoms with Gasteiger partial charge in [0.2, 0.25) is 5.91 Å². The Kier molecular flexibility index (Phi) is 6.53. The van der Waals surface area contributed by atoms with E-state index in [4.69, 9.17) is 0 Å². The van der Waals surface area contributed by atoms with E-state index in [0.29, 0.717) is 22.4 Å². The number of anilines is 1. The van der Waals surface area contributed by atoms with E-state index >= 15 is 0 Å². The first kappa shape index (κ1) is 23.1. The van der Waals surface area contributed by atoms with Crippen LogP contribution >= 0.6 is 0 Å². The van der Waals surface area contributed by atoms with Gasteiger partial charge in [-0.3, -0.25) is 24.2 Å². The first-order chi connectivity index (χ1) is 17.0. The van der Waals surface area contributed by atoms with Crippen LogP contribution in [0.3, 0.4) is 0 Å². The van der Waals surface area contributed by atoms with Crippen molar-refractivity contribution in [2.75, 3.05) is 38.0 Å². The highest BCUT2D eigenvalue weighted by Gasteiger charge is 2.31. The van der Waals surface area contributed by atoms with Gasteiger partial charge in [-0.2, -0.15) is 0 Å². The molecule has 1 saturated heterocycles. The highest BCUT2D eigenvalue weighted by atomic mass is 19.1. The fourth-order valence-electron chi connectivity index (χ4n) is 4.83. The largest absolute Gasteiger partial charge is 0.324 e. The predicted molar refractivity (Wildman–Crippen MR) is 131 cm³/mol. The van der Waals surface area contributed by atoms with Gasteiger partial charge in [-0.1, -0.05) is 48.5 Å². The highest BCUT2D eigenvalue weighted by Crippen LogP contribution is 2.31. The topological polar surface area (TPSA) is 69.7 Å². The molecule has 1 N–H and O–H groups in total. The maximum Gasteiger partial charge on any atom is 0.238 e. The van der Waals surface area contributed by atoms with Gasteiger partial charge in [-0.25, -0.2) is 4.39 Å². The van der Waals surface area contributed by atoms with Gasteiger partial charge in [0.15, 0.2) is 11.6 Å². The van der Waals surface area contributed by atoms with Crippen LogP contribution in [0, 0.1) is 5.82 Å². The van der Waals surface area contributed by atoms with Crippen LogP contribution in [0.4, 0.5) is 10.1 Å². The normalized spacial score (nSPS) is 16.4. The third kappa shape index (κ3) is 4.92. The third-order valence-electron chi connectivity index (χ3n) is 6.59. The van der Waals surface area contributed by atoms with E-state index in [2.05, 4.69) is 15.1 Å². The van der Waals surface area contributed by atoms with Gasteiger partial charge in [0.05, 0.1) is 17.8 Å². The Morgan fingerprint density at radius 3 is 2.20 bits per heavy atom. The molecule has 0 bridgehead atoms. The second-order valence-electron chi connectivity index (χ2n) is 9.01. The number of hydrogen-bond acceptors (Lipinski definition) is 5. The third-order valence-corrected chi connectivity index (χ3v) is 6.59. The molecule has 1 aliphatic carbocycles. The minimum Gasteiger partial charge on any atom is -0.324 e. The van der Waals surface area contributed by atoms with E-state index in [1.807, 2.05) is 0 Å². The maximum atomic E-state index is 13.2. The molecule has 0 spiro atoms. The Morgan fingerprint density at radius 2 is 1.43 bits per heavy atom. The van der Waals surface area contributed by atoms with Crippen molar-refractivity contribution in [1.29, 1.82) is 0 Å². The molecule has 1 heterocycles. The quantitative estimate of drug-likeness (QED) is 0.480. The highest BCUT2D eigenvalue weighted by molar-refractivity contribution is 6.30. The lowest BCUT2D eigenvalue weighted by molar-refractivity contribution is -0.117. The molecule has 3 aromatic rings. The van der Waals surface area contributed by atoms with Crippen molar-refractivity contribution >= 4 is 23.2 Å². The number of rotatable bonds is 5. The number of carbonyl (C=O) groups excluding carboxylic acids is 3. The van der Waals surface area contributed by atoms with Crippen molar-refractivity contribution in [1.82, 2.24) is 9.80 Å². The lowest BCUT2D eigenvalue weighted by Crippen LogP contribution is -2.36. The zero-order valence-corrected chi connectivity index (χ0v) is 19.3.